The summed E-state index contributed by atoms with van der Waals surface area (Å²) in [7, 11) is 0. The monoisotopic (exact) mass is 340 g/mol. The average molecular weight is 340 g/mol. The Morgan fingerprint density at radius 1 is 1.20 bits per heavy atom. The predicted molar refractivity (Wildman–Crippen MR) is 92.3 cm³/mol. The molecule has 0 atom stereocenters. The fourth-order valence-electron chi connectivity index (χ4n) is 2.58. The van der Waals surface area contributed by atoms with E-state index in [1.807, 2.05) is 49.7 Å². The predicted octanol–water partition coefficient (Wildman–Crippen LogP) is 1.52. The summed E-state index contributed by atoms with van der Waals surface area (Å²) >= 11 is 0. The number of carbonyl (C=O) groups excluding carboxylic acids is 1. The van der Waals surface area contributed by atoms with Gasteiger partial charge in [0.2, 0.25) is 5.91 Å². The second-order valence-corrected chi connectivity index (χ2v) is 5.91. The molecule has 0 spiro atoms. The molecule has 3 aromatic rings. The maximum absolute atomic E-state index is 12.3. The van der Waals surface area contributed by atoms with Gasteiger partial charge in [-0.05, 0) is 32.9 Å². The smallest absolute Gasteiger partial charge is 0.246 e. The normalized spacial score (nSPS) is 10.9. The van der Waals surface area contributed by atoms with Crippen LogP contribution in [0.3, 0.4) is 0 Å². The zero-order valence-corrected chi connectivity index (χ0v) is 14.4. The van der Waals surface area contributed by atoms with Crippen molar-refractivity contribution in [1.29, 1.82) is 0 Å². The number of benzene rings is 1. The molecule has 0 aliphatic heterocycles. The molecule has 0 fully saturated rings. The van der Waals surface area contributed by atoms with Gasteiger partial charge in [-0.2, -0.15) is 5.10 Å². The van der Waals surface area contributed by atoms with Crippen LogP contribution in [-0.2, 0) is 17.9 Å². The van der Waals surface area contributed by atoms with Gasteiger partial charge in [0.25, 0.3) is 0 Å². The minimum Gasteiger partial charge on any atom is -0.390 e. The molecule has 0 radical (unpaired) electrons. The Kier molecular flexibility index (Phi) is 4.62. The number of anilines is 1. The molecule has 8 nitrogen and oxygen atoms in total. The summed E-state index contributed by atoms with van der Waals surface area (Å²) in [6, 6.07) is 8.03. The van der Waals surface area contributed by atoms with Crippen LogP contribution in [0.2, 0.25) is 0 Å². The van der Waals surface area contributed by atoms with Gasteiger partial charge < -0.3 is 10.4 Å². The molecule has 0 bridgehead atoms. The summed E-state index contributed by atoms with van der Waals surface area (Å²) in [6.45, 7) is 5.61. The number of amides is 1. The fourth-order valence-corrected chi connectivity index (χ4v) is 2.58. The van der Waals surface area contributed by atoms with E-state index in [9.17, 15) is 4.79 Å². The van der Waals surface area contributed by atoms with E-state index in [2.05, 4.69) is 20.7 Å². The maximum atomic E-state index is 12.3. The van der Waals surface area contributed by atoms with Crippen LogP contribution in [0.5, 0.6) is 0 Å². The number of rotatable bonds is 5. The van der Waals surface area contributed by atoms with Crippen LogP contribution in [0.1, 0.15) is 22.6 Å². The molecule has 3 rings (SSSR count). The fraction of sp³-hybridized carbons (Fsp3) is 0.294. The van der Waals surface area contributed by atoms with E-state index >= 15 is 0 Å². The Bertz CT molecular complexity index is 895. The van der Waals surface area contributed by atoms with Crippen LogP contribution in [0.4, 0.5) is 5.69 Å². The highest BCUT2D eigenvalue weighted by Gasteiger charge is 2.16. The highest BCUT2D eigenvalue weighted by Crippen LogP contribution is 2.23. The van der Waals surface area contributed by atoms with Crippen molar-refractivity contribution in [1.82, 2.24) is 24.8 Å². The zero-order chi connectivity index (χ0) is 18.0. The quantitative estimate of drug-likeness (QED) is 0.734. The van der Waals surface area contributed by atoms with Gasteiger partial charge in [0.05, 0.1) is 35.6 Å². The molecule has 1 aromatic carbocycles. The van der Waals surface area contributed by atoms with Gasteiger partial charge in [-0.25, -0.2) is 9.36 Å². The molecule has 8 heteroatoms. The van der Waals surface area contributed by atoms with Crippen LogP contribution in [0, 0.1) is 20.8 Å². The van der Waals surface area contributed by atoms with Crippen molar-refractivity contribution in [2.24, 2.45) is 0 Å². The highest BCUT2D eigenvalue weighted by molar-refractivity contribution is 5.91. The second-order valence-electron chi connectivity index (χ2n) is 5.91. The molecule has 2 aromatic heterocycles. The summed E-state index contributed by atoms with van der Waals surface area (Å²) < 4.78 is 3.19. The number of aliphatic hydroxyl groups is 1. The van der Waals surface area contributed by atoms with Gasteiger partial charge in [-0.15, -0.1) is 5.10 Å². The maximum Gasteiger partial charge on any atom is 0.246 e. The van der Waals surface area contributed by atoms with E-state index in [1.165, 1.54) is 16.4 Å². The summed E-state index contributed by atoms with van der Waals surface area (Å²) in [5.74, 6) is -0.232. The number of hydrogen-bond donors (Lipinski definition) is 2. The molecule has 25 heavy (non-hydrogen) atoms. The van der Waals surface area contributed by atoms with Crippen molar-refractivity contribution in [2.45, 2.75) is 33.9 Å². The average Bonchev–Trinajstić information content (AvgIpc) is 3.15. The Hall–Kier alpha value is -3.00. The standard InChI is InChI=1S/C17H20N6O2/c1-11-4-6-15(7-5-11)23-13(3)17(12(2)20-23)18-16(25)9-22-8-14(10-24)19-21-22/h4-8,24H,9-10H2,1-3H3,(H,18,25). The van der Waals surface area contributed by atoms with Crippen molar-refractivity contribution in [3.8, 4) is 5.69 Å². The molecular formula is C17H20N6O2. The molecule has 0 saturated carbocycles. The summed E-state index contributed by atoms with van der Waals surface area (Å²) in [4.78, 5) is 12.3. The second kappa shape index (κ2) is 6.86. The van der Waals surface area contributed by atoms with E-state index in [1.54, 1.807) is 0 Å². The number of carbonyl (C=O) groups is 1. The van der Waals surface area contributed by atoms with Crippen LogP contribution < -0.4 is 5.32 Å². The molecule has 0 aliphatic carbocycles. The first-order valence-electron chi connectivity index (χ1n) is 7.91. The Morgan fingerprint density at radius 3 is 2.56 bits per heavy atom. The summed E-state index contributed by atoms with van der Waals surface area (Å²) in [6.07, 6.45) is 1.54. The Morgan fingerprint density at radius 2 is 1.92 bits per heavy atom. The minimum atomic E-state index is -0.232. The topological polar surface area (TPSA) is 97.9 Å². The number of aryl methyl sites for hydroxylation is 2. The van der Waals surface area contributed by atoms with Crippen LogP contribution >= 0.6 is 0 Å². The third-order valence-electron chi connectivity index (χ3n) is 3.89. The lowest BCUT2D eigenvalue weighted by molar-refractivity contribution is -0.116. The Balaban J connectivity index is 1.78. The first-order valence-corrected chi connectivity index (χ1v) is 7.91. The van der Waals surface area contributed by atoms with Gasteiger partial charge in [0, 0.05) is 0 Å². The summed E-state index contributed by atoms with van der Waals surface area (Å²) in [5, 5.41) is 23.9. The van der Waals surface area contributed by atoms with Gasteiger partial charge >= 0.3 is 0 Å². The lowest BCUT2D eigenvalue weighted by Crippen LogP contribution is -2.20. The van der Waals surface area contributed by atoms with Gasteiger partial charge in [0.15, 0.2) is 0 Å². The van der Waals surface area contributed by atoms with Gasteiger partial charge in [-0.1, -0.05) is 22.9 Å². The number of aromatic nitrogens is 5. The highest BCUT2D eigenvalue weighted by atomic mass is 16.3. The van der Waals surface area contributed by atoms with E-state index in [4.69, 9.17) is 5.11 Å². The van der Waals surface area contributed by atoms with E-state index in [0.717, 1.165) is 17.1 Å². The lowest BCUT2D eigenvalue weighted by atomic mass is 10.2. The molecule has 0 aliphatic rings. The zero-order valence-electron chi connectivity index (χ0n) is 14.4. The van der Waals surface area contributed by atoms with E-state index in [0.29, 0.717) is 11.4 Å². The summed E-state index contributed by atoms with van der Waals surface area (Å²) in [5.41, 5.74) is 4.82. The number of nitrogens with zero attached hydrogens (tertiary/aromatic N) is 5. The molecule has 2 heterocycles. The molecular weight excluding hydrogens is 320 g/mol. The minimum absolute atomic E-state index is 0.0155. The van der Waals surface area contributed by atoms with Crippen molar-refractivity contribution in [3.63, 3.8) is 0 Å². The van der Waals surface area contributed by atoms with Gasteiger partial charge in [0.1, 0.15) is 12.2 Å². The lowest BCUT2D eigenvalue weighted by Gasteiger charge is -2.07. The number of nitrogens with one attached hydrogen (secondary N) is 1. The first-order chi connectivity index (χ1) is 12.0. The first kappa shape index (κ1) is 16.8. The van der Waals surface area contributed by atoms with Crippen LogP contribution in [0.15, 0.2) is 30.5 Å². The third-order valence-corrected chi connectivity index (χ3v) is 3.89. The number of aliphatic hydroxyl groups excluding tert-OH is 1. The molecule has 0 saturated heterocycles. The third kappa shape index (κ3) is 3.58. The van der Waals surface area contributed by atoms with E-state index in [-0.39, 0.29) is 19.1 Å². The molecule has 130 valence electrons. The van der Waals surface area contributed by atoms with Crippen LogP contribution in [0.25, 0.3) is 5.69 Å². The SMILES string of the molecule is Cc1ccc(-n2nc(C)c(NC(=O)Cn3cc(CO)nn3)c2C)cc1. The van der Waals surface area contributed by atoms with Crippen LogP contribution in [-0.4, -0.2) is 35.8 Å². The van der Waals surface area contributed by atoms with Crippen molar-refractivity contribution >= 4 is 11.6 Å². The van der Waals surface area contributed by atoms with E-state index < -0.39 is 0 Å². The molecule has 0 unspecified atom stereocenters. The largest absolute Gasteiger partial charge is 0.390 e. The van der Waals surface area contributed by atoms with Gasteiger partial charge in [-0.3, -0.25) is 4.79 Å². The molecule has 1 amide bonds. The van der Waals surface area contributed by atoms with Crippen molar-refractivity contribution < 1.29 is 9.90 Å². The van der Waals surface area contributed by atoms with Crippen molar-refractivity contribution in [3.05, 3.63) is 53.1 Å². The number of hydrogen-bond acceptors (Lipinski definition) is 5. The molecule has 2 N–H and O–H groups in total. The van der Waals surface area contributed by atoms with Crippen molar-refractivity contribution in [2.75, 3.05) is 5.32 Å². The Labute approximate surface area is 145 Å².